The molecule has 3 rings (SSSR count). The second-order valence-electron chi connectivity index (χ2n) is 4.43. The summed E-state index contributed by atoms with van der Waals surface area (Å²) in [7, 11) is 0. The first-order valence-electron chi connectivity index (χ1n) is 6.46. The third-order valence-electron chi connectivity index (χ3n) is 3.10. The van der Waals surface area contributed by atoms with Crippen molar-refractivity contribution < 1.29 is 9.53 Å². The predicted octanol–water partition coefficient (Wildman–Crippen LogP) is 2.28. The van der Waals surface area contributed by atoms with Crippen LogP contribution in [0.15, 0.2) is 24.3 Å². The number of hydrogen-bond acceptors (Lipinski definition) is 6. The molecule has 0 spiro atoms. The van der Waals surface area contributed by atoms with Crippen LogP contribution in [0.1, 0.15) is 9.80 Å². The van der Waals surface area contributed by atoms with Gasteiger partial charge in [0.1, 0.15) is 0 Å². The Bertz CT molecular complexity index is 643. The first-order valence-corrected chi connectivity index (χ1v) is 7.65. The molecule has 1 fully saturated rings. The van der Waals surface area contributed by atoms with Gasteiger partial charge in [-0.05, 0) is 23.7 Å². The Hall–Kier alpha value is -1.70. The van der Waals surface area contributed by atoms with Gasteiger partial charge in [-0.3, -0.25) is 4.79 Å². The van der Waals surface area contributed by atoms with Crippen LogP contribution in [-0.2, 0) is 4.74 Å². The molecule has 1 aliphatic rings. The lowest BCUT2D eigenvalue weighted by atomic mass is 10.2. The number of carbonyl (C=O) groups excluding carboxylic acids is 1. The zero-order valence-electron chi connectivity index (χ0n) is 11.1. The molecule has 0 bridgehead atoms. The lowest BCUT2D eigenvalue weighted by Crippen LogP contribution is -2.36. The number of aromatic nitrogens is 2. The van der Waals surface area contributed by atoms with Gasteiger partial charge in [0.25, 0.3) is 5.91 Å². The summed E-state index contributed by atoms with van der Waals surface area (Å²) < 4.78 is 5.61. The Labute approximate surface area is 130 Å². The fourth-order valence-electron chi connectivity index (χ4n) is 2.13. The van der Waals surface area contributed by atoms with Crippen LogP contribution >= 0.6 is 22.9 Å². The van der Waals surface area contributed by atoms with Gasteiger partial charge in [-0.2, -0.15) is 0 Å². The second-order valence-corrected chi connectivity index (χ2v) is 5.99. The largest absolute Gasteiger partial charge is 0.378 e. The van der Waals surface area contributed by atoms with Crippen molar-refractivity contribution in [1.29, 1.82) is 0 Å². The fourth-order valence-corrected chi connectivity index (χ4v) is 2.86. The molecule has 2 aromatic rings. The Morgan fingerprint density at radius 3 is 2.76 bits per heavy atom. The highest BCUT2D eigenvalue weighted by Gasteiger charge is 2.18. The molecule has 21 heavy (non-hydrogen) atoms. The number of rotatable bonds is 3. The molecule has 1 aromatic heterocycles. The average Bonchev–Trinajstić information content (AvgIpc) is 2.95. The quantitative estimate of drug-likeness (QED) is 0.938. The number of nitrogens with zero attached hydrogens (tertiary/aromatic N) is 3. The van der Waals surface area contributed by atoms with Crippen molar-refractivity contribution in [3.63, 3.8) is 0 Å². The zero-order chi connectivity index (χ0) is 14.7. The molecule has 2 heterocycles. The average molecular weight is 325 g/mol. The Kier molecular flexibility index (Phi) is 4.33. The van der Waals surface area contributed by atoms with E-state index in [0.29, 0.717) is 13.2 Å². The molecule has 0 aliphatic carbocycles. The van der Waals surface area contributed by atoms with E-state index in [1.165, 1.54) is 0 Å². The molecule has 8 heteroatoms. The van der Waals surface area contributed by atoms with Crippen molar-refractivity contribution in [2.45, 2.75) is 0 Å². The van der Waals surface area contributed by atoms with Crippen LogP contribution in [0.3, 0.4) is 0 Å². The summed E-state index contributed by atoms with van der Waals surface area (Å²) >= 11 is 6.76. The summed E-state index contributed by atoms with van der Waals surface area (Å²) in [5, 5.41) is 10.5. The van der Waals surface area contributed by atoms with Gasteiger partial charge in [-0.1, -0.05) is 23.5 Å². The van der Waals surface area contributed by atoms with Crippen molar-refractivity contribution >= 4 is 40.2 Å². The van der Waals surface area contributed by atoms with Crippen molar-refractivity contribution in [3.05, 3.63) is 33.7 Å². The van der Waals surface area contributed by atoms with Crippen molar-refractivity contribution in [1.82, 2.24) is 10.2 Å². The van der Waals surface area contributed by atoms with Crippen LogP contribution in [0, 0.1) is 0 Å². The lowest BCUT2D eigenvalue weighted by molar-refractivity contribution is 0.102. The maximum atomic E-state index is 12.2. The standard InChI is InChI=1S/C13H13ClN4O2S/c14-13-17-16-12(21-13)11(19)15-9-3-1-2-4-10(9)18-5-7-20-8-6-18/h1-4H,5-8H2,(H,15,19). The molecule has 0 saturated carbocycles. The van der Waals surface area contributed by atoms with Gasteiger partial charge in [0, 0.05) is 13.1 Å². The van der Waals surface area contributed by atoms with Gasteiger partial charge in [-0.15, -0.1) is 10.2 Å². The SMILES string of the molecule is O=C(Nc1ccccc1N1CCOCC1)c1nnc(Cl)s1. The monoisotopic (exact) mass is 324 g/mol. The molecule has 110 valence electrons. The fraction of sp³-hybridized carbons (Fsp3) is 0.308. The van der Waals surface area contributed by atoms with E-state index in [1.807, 2.05) is 24.3 Å². The van der Waals surface area contributed by atoms with Crippen LogP contribution in [0.5, 0.6) is 0 Å². The number of nitrogens with one attached hydrogen (secondary N) is 1. The van der Waals surface area contributed by atoms with Crippen molar-refractivity contribution in [2.24, 2.45) is 0 Å². The van der Waals surface area contributed by atoms with Crippen LogP contribution in [0.25, 0.3) is 0 Å². The van der Waals surface area contributed by atoms with E-state index >= 15 is 0 Å². The van der Waals surface area contributed by atoms with E-state index in [-0.39, 0.29) is 15.4 Å². The van der Waals surface area contributed by atoms with E-state index in [2.05, 4.69) is 20.4 Å². The van der Waals surface area contributed by atoms with Gasteiger partial charge in [0.05, 0.1) is 24.6 Å². The Morgan fingerprint density at radius 2 is 2.05 bits per heavy atom. The van der Waals surface area contributed by atoms with E-state index in [1.54, 1.807) is 0 Å². The maximum Gasteiger partial charge on any atom is 0.286 e. The molecular weight excluding hydrogens is 312 g/mol. The Morgan fingerprint density at radius 1 is 1.29 bits per heavy atom. The van der Waals surface area contributed by atoms with Crippen LogP contribution < -0.4 is 10.2 Å². The van der Waals surface area contributed by atoms with Crippen molar-refractivity contribution in [3.8, 4) is 0 Å². The first-order chi connectivity index (χ1) is 10.2. The Balaban J connectivity index is 1.80. The van der Waals surface area contributed by atoms with E-state index in [4.69, 9.17) is 16.3 Å². The minimum absolute atomic E-state index is 0.247. The van der Waals surface area contributed by atoms with Crippen LogP contribution in [0.2, 0.25) is 4.47 Å². The molecule has 6 nitrogen and oxygen atoms in total. The third-order valence-corrected chi connectivity index (χ3v) is 4.12. The molecule has 1 N–H and O–H groups in total. The van der Waals surface area contributed by atoms with Crippen LogP contribution in [-0.4, -0.2) is 42.4 Å². The number of ether oxygens (including phenoxy) is 1. The summed E-state index contributed by atoms with van der Waals surface area (Å²) in [4.78, 5) is 14.3. The molecule has 1 aliphatic heterocycles. The van der Waals surface area contributed by atoms with E-state index < -0.39 is 0 Å². The summed E-state index contributed by atoms with van der Waals surface area (Å²) in [6, 6.07) is 7.67. The number of hydrogen-bond donors (Lipinski definition) is 1. The minimum Gasteiger partial charge on any atom is -0.378 e. The molecule has 0 unspecified atom stereocenters. The highest BCUT2D eigenvalue weighted by molar-refractivity contribution is 7.17. The van der Waals surface area contributed by atoms with Gasteiger partial charge >= 0.3 is 0 Å². The summed E-state index contributed by atoms with van der Waals surface area (Å²) in [6.45, 7) is 2.98. The highest BCUT2D eigenvalue weighted by atomic mass is 35.5. The summed E-state index contributed by atoms with van der Waals surface area (Å²) in [5.41, 5.74) is 1.72. The molecular formula is C13H13ClN4O2S. The summed E-state index contributed by atoms with van der Waals surface area (Å²) in [6.07, 6.45) is 0. The number of anilines is 2. The van der Waals surface area contributed by atoms with Gasteiger partial charge in [0.15, 0.2) is 0 Å². The lowest BCUT2D eigenvalue weighted by Gasteiger charge is -2.30. The minimum atomic E-state index is -0.305. The smallest absolute Gasteiger partial charge is 0.286 e. The van der Waals surface area contributed by atoms with Gasteiger partial charge < -0.3 is 15.0 Å². The topological polar surface area (TPSA) is 67.4 Å². The first kappa shape index (κ1) is 14.2. The molecule has 0 radical (unpaired) electrons. The highest BCUT2D eigenvalue weighted by Crippen LogP contribution is 2.27. The van der Waals surface area contributed by atoms with Gasteiger partial charge in [-0.25, -0.2) is 0 Å². The number of para-hydroxylation sites is 2. The number of halogens is 1. The number of benzene rings is 1. The number of carbonyl (C=O) groups is 1. The molecule has 1 saturated heterocycles. The normalized spacial score (nSPS) is 15.0. The molecule has 1 amide bonds. The van der Waals surface area contributed by atoms with Gasteiger partial charge in [0.2, 0.25) is 9.47 Å². The predicted molar refractivity (Wildman–Crippen MR) is 82.3 cm³/mol. The van der Waals surface area contributed by atoms with E-state index in [9.17, 15) is 4.79 Å². The van der Waals surface area contributed by atoms with E-state index in [0.717, 1.165) is 35.8 Å². The second kappa shape index (κ2) is 6.38. The number of morpholine rings is 1. The molecule has 0 atom stereocenters. The third kappa shape index (κ3) is 3.31. The summed E-state index contributed by atoms with van der Waals surface area (Å²) in [5.74, 6) is -0.305. The molecule has 1 aromatic carbocycles. The zero-order valence-corrected chi connectivity index (χ0v) is 12.7. The number of amides is 1. The maximum absolute atomic E-state index is 12.2. The van der Waals surface area contributed by atoms with Crippen LogP contribution in [0.4, 0.5) is 11.4 Å². The van der Waals surface area contributed by atoms with Crippen molar-refractivity contribution in [2.75, 3.05) is 36.5 Å².